The van der Waals surface area contributed by atoms with Gasteiger partial charge in [-0.15, -0.1) is 0 Å². The minimum atomic E-state index is -0.376. The van der Waals surface area contributed by atoms with E-state index in [0.717, 1.165) is 50.9 Å². The van der Waals surface area contributed by atoms with Gasteiger partial charge in [-0.25, -0.2) is 4.98 Å². The van der Waals surface area contributed by atoms with Crippen molar-refractivity contribution in [2.45, 2.75) is 43.7 Å². The molecule has 2 N–H and O–H groups in total. The molecule has 5 heteroatoms. The first-order valence-corrected chi connectivity index (χ1v) is 7.33. The molecule has 5 nitrogen and oxygen atoms in total. The van der Waals surface area contributed by atoms with Crippen molar-refractivity contribution in [3.63, 3.8) is 0 Å². The van der Waals surface area contributed by atoms with Crippen LogP contribution in [0.2, 0.25) is 0 Å². The van der Waals surface area contributed by atoms with Crippen molar-refractivity contribution < 1.29 is 4.74 Å². The molecule has 0 spiro atoms. The Kier molecular flexibility index (Phi) is 3.75. The van der Waals surface area contributed by atoms with Gasteiger partial charge in [0.2, 0.25) is 5.88 Å². The summed E-state index contributed by atoms with van der Waals surface area (Å²) in [7, 11) is 0. The van der Waals surface area contributed by atoms with E-state index in [1.807, 2.05) is 12.1 Å². The second-order valence-electron chi connectivity index (χ2n) is 5.62. The normalized spacial score (nSPS) is 21.6. The third kappa shape index (κ3) is 2.86. The van der Waals surface area contributed by atoms with Crippen LogP contribution in [0.15, 0.2) is 18.3 Å². The molecule has 2 heterocycles. The van der Waals surface area contributed by atoms with E-state index < -0.39 is 0 Å². The lowest BCUT2D eigenvalue weighted by Crippen LogP contribution is -2.43. The molecule has 2 fully saturated rings. The van der Waals surface area contributed by atoms with Crippen LogP contribution in [0.5, 0.6) is 5.88 Å². The Morgan fingerprint density at radius 1 is 1.35 bits per heavy atom. The van der Waals surface area contributed by atoms with Gasteiger partial charge in [-0.1, -0.05) is 0 Å². The van der Waals surface area contributed by atoms with Gasteiger partial charge in [-0.05, 0) is 51.3 Å². The summed E-state index contributed by atoms with van der Waals surface area (Å²) in [5.74, 6) is 0.669. The van der Waals surface area contributed by atoms with Crippen molar-refractivity contribution in [3.05, 3.63) is 18.3 Å². The number of hydrogen-bond donors (Lipinski definition) is 2. The van der Waals surface area contributed by atoms with Crippen molar-refractivity contribution in [1.82, 2.24) is 10.3 Å². The fraction of sp³-hybridized carbons (Fsp3) is 0.600. The van der Waals surface area contributed by atoms with E-state index in [0.29, 0.717) is 5.88 Å². The molecule has 0 unspecified atom stereocenters. The van der Waals surface area contributed by atoms with Gasteiger partial charge in [0, 0.05) is 6.07 Å². The van der Waals surface area contributed by atoms with Gasteiger partial charge in [0.15, 0.2) is 0 Å². The van der Waals surface area contributed by atoms with Crippen molar-refractivity contribution in [2.75, 3.05) is 18.4 Å². The van der Waals surface area contributed by atoms with Crippen LogP contribution in [0, 0.1) is 11.3 Å². The smallest absolute Gasteiger partial charge is 0.213 e. The Labute approximate surface area is 119 Å². The minimum Gasteiger partial charge on any atom is -0.474 e. The summed E-state index contributed by atoms with van der Waals surface area (Å²) in [5, 5.41) is 15.8. The highest BCUT2D eigenvalue weighted by Crippen LogP contribution is 2.34. The van der Waals surface area contributed by atoms with Gasteiger partial charge in [0.1, 0.15) is 11.6 Å². The van der Waals surface area contributed by atoms with Gasteiger partial charge in [-0.3, -0.25) is 0 Å². The van der Waals surface area contributed by atoms with Gasteiger partial charge in [0.25, 0.3) is 0 Å². The lowest BCUT2D eigenvalue weighted by Gasteiger charge is -2.36. The summed E-state index contributed by atoms with van der Waals surface area (Å²) in [4.78, 5) is 4.34. The van der Waals surface area contributed by atoms with E-state index >= 15 is 0 Å². The first-order valence-electron chi connectivity index (χ1n) is 7.33. The van der Waals surface area contributed by atoms with Crippen LogP contribution >= 0.6 is 0 Å². The van der Waals surface area contributed by atoms with Crippen LogP contribution < -0.4 is 15.4 Å². The van der Waals surface area contributed by atoms with E-state index in [-0.39, 0.29) is 11.6 Å². The number of nitrogens with one attached hydrogen (secondary N) is 2. The van der Waals surface area contributed by atoms with Crippen molar-refractivity contribution in [1.29, 1.82) is 5.26 Å². The fourth-order valence-electron chi connectivity index (χ4n) is 2.68. The predicted octanol–water partition coefficient (Wildman–Crippen LogP) is 2.07. The number of pyridine rings is 1. The average molecular weight is 272 g/mol. The summed E-state index contributed by atoms with van der Waals surface area (Å²) >= 11 is 0. The molecule has 1 aromatic heterocycles. The van der Waals surface area contributed by atoms with Crippen LogP contribution in [-0.2, 0) is 0 Å². The van der Waals surface area contributed by atoms with E-state index in [1.165, 1.54) is 0 Å². The maximum Gasteiger partial charge on any atom is 0.213 e. The fourth-order valence-corrected chi connectivity index (χ4v) is 2.68. The van der Waals surface area contributed by atoms with Gasteiger partial charge in [-0.2, -0.15) is 5.26 Å². The standard InChI is InChI=1S/C15H20N4O/c16-11-15(6-1-7-15)19-12-2-3-14(18-10-12)20-13-4-8-17-9-5-13/h2-3,10,13,17,19H,1,4-9H2. The number of piperidine rings is 1. The molecule has 1 aromatic rings. The monoisotopic (exact) mass is 272 g/mol. The number of nitriles is 1. The number of nitrogens with zero attached hydrogens (tertiary/aromatic N) is 2. The lowest BCUT2D eigenvalue weighted by molar-refractivity contribution is 0.156. The highest BCUT2D eigenvalue weighted by molar-refractivity contribution is 5.48. The second kappa shape index (κ2) is 5.68. The Hall–Kier alpha value is -1.80. The summed E-state index contributed by atoms with van der Waals surface area (Å²) < 4.78 is 5.86. The number of rotatable bonds is 4. The molecule has 1 aliphatic carbocycles. The van der Waals surface area contributed by atoms with E-state index in [9.17, 15) is 5.26 Å². The molecule has 3 rings (SSSR count). The van der Waals surface area contributed by atoms with Crippen LogP contribution in [0.1, 0.15) is 32.1 Å². The SMILES string of the molecule is N#CC1(Nc2ccc(OC3CCNCC3)nc2)CCC1. The second-order valence-corrected chi connectivity index (χ2v) is 5.62. The Bertz CT molecular complexity index is 484. The quantitative estimate of drug-likeness (QED) is 0.878. The number of hydrogen-bond acceptors (Lipinski definition) is 5. The molecule has 2 aliphatic rings. The molecular formula is C15H20N4O. The zero-order chi connectivity index (χ0) is 13.8. The van der Waals surface area contributed by atoms with Crippen molar-refractivity contribution >= 4 is 5.69 Å². The zero-order valence-corrected chi connectivity index (χ0v) is 11.6. The van der Waals surface area contributed by atoms with E-state index in [4.69, 9.17) is 4.74 Å². The maximum absolute atomic E-state index is 9.21. The molecule has 0 radical (unpaired) electrons. The van der Waals surface area contributed by atoms with Crippen LogP contribution in [0.25, 0.3) is 0 Å². The van der Waals surface area contributed by atoms with Crippen molar-refractivity contribution in [3.8, 4) is 11.9 Å². The lowest BCUT2D eigenvalue weighted by atomic mass is 9.78. The summed E-state index contributed by atoms with van der Waals surface area (Å²) in [6.07, 6.45) is 7.02. The molecule has 1 aliphatic heterocycles. The van der Waals surface area contributed by atoms with Gasteiger partial charge < -0.3 is 15.4 Å². The molecular weight excluding hydrogens is 252 g/mol. The molecule has 0 amide bonds. The highest BCUT2D eigenvalue weighted by atomic mass is 16.5. The topological polar surface area (TPSA) is 70.0 Å². The predicted molar refractivity (Wildman–Crippen MR) is 76.6 cm³/mol. The molecule has 1 saturated carbocycles. The molecule has 0 aromatic carbocycles. The highest BCUT2D eigenvalue weighted by Gasteiger charge is 2.37. The van der Waals surface area contributed by atoms with Gasteiger partial charge >= 0.3 is 0 Å². The Morgan fingerprint density at radius 3 is 2.70 bits per heavy atom. The van der Waals surface area contributed by atoms with Crippen molar-refractivity contribution in [2.24, 2.45) is 0 Å². The van der Waals surface area contributed by atoms with Crippen LogP contribution in [0.3, 0.4) is 0 Å². The maximum atomic E-state index is 9.21. The first-order chi connectivity index (χ1) is 9.80. The van der Waals surface area contributed by atoms with Gasteiger partial charge in [0.05, 0.1) is 18.0 Å². The third-order valence-electron chi connectivity index (χ3n) is 4.11. The number of ether oxygens (including phenoxy) is 1. The first kappa shape index (κ1) is 13.2. The minimum absolute atomic E-state index is 0.264. The number of anilines is 1. The summed E-state index contributed by atoms with van der Waals surface area (Å²) in [6.45, 7) is 2.02. The molecule has 0 bridgehead atoms. The largest absolute Gasteiger partial charge is 0.474 e. The van der Waals surface area contributed by atoms with Crippen LogP contribution in [-0.4, -0.2) is 29.7 Å². The summed E-state index contributed by atoms with van der Waals surface area (Å²) in [5.41, 5.74) is 0.517. The van der Waals surface area contributed by atoms with E-state index in [1.54, 1.807) is 6.20 Å². The average Bonchev–Trinajstić information content (AvgIpc) is 2.46. The zero-order valence-electron chi connectivity index (χ0n) is 11.6. The molecule has 106 valence electrons. The van der Waals surface area contributed by atoms with E-state index in [2.05, 4.69) is 21.7 Å². The molecule has 20 heavy (non-hydrogen) atoms. The molecule has 0 atom stereocenters. The van der Waals surface area contributed by atoms with Crippen LogP contribution in [0.4, 0.5) is 5.69 Å². The molecule has 1 saturated heterocycles. The summed E-state index contributed by atoms with van der Waals surface area (Å²) in [6, 6.07) is 6.19. The Balaban J connectivity index is 1.58. The number of aromatic nitrogens is 1. The third-order valence-corrected chi connectivity index (χ3v) is 4.11. The Morgan fingerprint density at radius 2 is 2.15 bits per heavy atom.